The Bertz CT molecular complexity index is 1540. The standard InChI is InChI=1S/C24H14O6/c25-18(14-6-2-1-3-7-14)13-28-15-10-11-17-20(12-15)29-23-21(22(17)26)16-8-4-5-9-19(16)30-24(23)27/h1-12H,13H2. The molecule has 0 bridgehead atoms. The molecule has 6 heteroatoms. The summed E-state index contributed by atoms with van der Waals surface area (Å²) in [6, 6.07) is 20.3. The summed E-state index contributed by atoms with van der Waals surface area (Å²) in [5, 5.41) is 0.999. The van der Waals surface area contributed by atoms with Crippen molar-refractivity contribution in [2.75, 3.05) is 6.61 Å². The van der Waals surface area contributed by atoms with Crippen molar-refractivity contribution in [3.8, 4) is 5.75 Å². The molecule has 5 rings (SSSR count). The van der Waals surface area contributed by atoms with Crippen LogP contribution >= 0.6 is 0 Å². The monoisotopic (exact) mass is 398 g/mol. The zero-order valence-corrected chi connectivity index (χ0v) is 15.6. The van der Waals surface area contributed by atoms with Crippen molar-refractivity contribution in [3.63, 3.8) is 0 Å². The van der Waals surface area contributed by atoms with Gasteiger partial charge in [-0.1, -0.05) is 48.5 Å². The van der Waals surface area contributed by atoms with Crippen molar-refractivity contribution < 1.29 is 18.4 Å². The van der Waals surface area contributed by atoms with E-state index in [4.69, 9.17) is 13.6 Å². The summed E-state index contributed by atoms with van der Waals surface area (Å²) in [4.78, 5) is 37.7. The minimum absolute atomic E-state index is 0.149. The minimum atomic E-state index is -0.728. The fourth-order valence-electron chi connectivity index (χ4n) is 3.42. The Labute approximate surface area is 168 Å². The molecule has 0 radical (unpaired) electrons. The van der Waals surface area contributed by atoms with Gasteiger partial charge in [-0.15, -0.1) is 0 Å². The molecule has 0 N–H and O–H groups in total. The molecule has 0 aliphatic heterocycles. The molecule has 0 saturated carbocycles. The van der Waals surface area contributed by atoms with Crippen LogP contribution in [0.5, 0.6) is 5.75 Å². The third-order valence-electron chi connectivity index (χ3n) is 4.87. The van der Waals surface area contributed by atoms with Crippen LogP contribution in [0.1, 0.15) is 10.4 Å². The number of ketones is 1. The van der Waals surface area contributed by atoms with Crippen molar-refractivity contribution in [3.05, 3.63) is 99.0 Å². The lowest BCUT2D eigenvalue weighted by Gasteiger charge is -2.07. The highest BCUT2D eigenvalue weighted by molar-refractivity contribution is 6.05. The minimum Gasteiger partial charge on any atom is -0.485 e. The van der Waals surface area contributed by atoms with Crippen molar-refractivity contribution >= 4 is 38.7 Å². The highest BCUT2D eigenvalue weighted by Gasteiger charge is 2.16. The topological polar surface area (TPSA) is 86.7 Å². The molecular weight excluding hydrogens is 384 g/mol. The summed E-state index contributed by atoms with van der Waals surface area (Å²) < 4.78 is 16.6. The van der Waals surface area contributed by atoms with Crippen LogP contribution in [0.25, 0.3) is 32.9 Å². The summed E-state index contributed by atoms with van der Waals surface area (Å²) in [6.07, 6.45) is 0. The second-order valence-corrected chi connectivity index (χ2v) is 6.76. The van der Waals surface area contributed by atoms with Crippen molar-refractivity contribution in [2.24, 2.45) is 0 Å². The molecule has 0 fully saturated rings. The first-order valence-corrected chi connectivity index (χ1v) is 9.25. The maximum Gasteiger partial charge on any atom is 0.380 e. The highest BCUT2D eigenvalue weighted by Crippen LogP contribution is 2.25. The van der Waals surface area contributed by atoms with Crippen molar-refractivity contribution in [1.82, 2.24) is 0 Å². The average Bonchev–Trinajstić information content (AvgIpc) is 2.78. The maximum absolute atomic E-state index is 13.1. The Morgan fingerprint density at radius 3 is 2.40 bits per heavy atom. The second-order valence-electron chi connectivity index (χ2n) is 6.76. The third-order valence-corrected chi connectivity index (χ3v) is 4.87. The Morgan fingerprint density at radius 1 is 0.800 bits per heavy atom. The zero-order valence-electron chi connectivity index (χ0n) is 15.6. The zero-order chi connectivity index (χ0) is 20.7. The van der Waals surface area contributed by atoms with Crippen LogP contribution in [-0.4, -0.2) is 12.4 Å². The Kier molecular flexibility index (Phi) is 4.17. The first kappa shape index (κ1) is 17.9. The first-order valence-electron chi connectivity index (χ1n) is 9.25. The van der Waals surface area contributed by atoms with Crippen LogP contribution in [0.4, 0.5) is 0 Å². The summed E-state index contributed by atoms with van der Waals surface area (Å²) in [6.45, 7) is -0.167. The molecule has 2 aromatic heterocycles. The van der Waals surface area contributed by atoms with E-state index in [2.05, 4.69) is 0 Å². The fourth-order valence-corrected chi connectivity index (χ4v) is 3.42. The van der Waals surface area contributed by atoms with Gasteiger partial charge in [0.25, 0.3) is 0 Å². The Morgan fingerprint density at radius 2 is 1.57 bits per heavy atom. The quantitative estimate of drug-likeness (QED) is 0.194. The molecule has 0 atom stereocenters. The van der Waals surface area contributed by atoms with E-state index in [1.54, 1.807) is 60.7 Å². The summed E-state index contributed by atoms with van der Waals surface area (Å²) in [5.41, 5.74) is -0.166. The maximum atomic E-state index is 13.1. The van der Waals surface area contributed by atoms with Crippen LogP contribution < -0.4 is 15.8 Å². The Hall–Kier alpha value is -4.19. The number of rotatable bonds is 4. The smallest absolute Gasteiger partial charge is 0.380 e. The second kappa shape index (κ2) is 7.00. The number of benzene rings is 3. The number of carbonyl (C=O) groups is 1. The molecule has 5 aromatic rings. The van der Waals surface area contributed by atoms with E-state index in [0.29, 0.717) is 27.7 Å². The lowest BCUT2D eigenvalue weighted by atomic mass is 10.1. The number of ether oxygens (including phenoxy) is 1. The molecule has 0 amide bonds. The predicted octanol–water partition coefficient (Wildman–Crippen LogP) is 4.31. The number of hydrogen-bond acceptors (Lipinski definition) is 6. The van der Waals surface area contributed by atoms with E-state index in [1.807, 2.05) is 6.07 Å². The van der Waals surface area contributed by atoms with E-state index >= 15 is 0 Å². The van der Waals surface area contributed by atoms with Crippen LogP contribution in [-0.2, 0) is 0 Å². The van der Waals surface area contributed by atoms with Gasteiger partial charge in [-0.3, -0.25) is 9.59 Å². The highest BCUT2D eigenvalue weighted by atomic mass is 16.5. The molecule has 146 valence electrons. The third kappa shape index (κ3) is 2.95. The van der Waals surface area contributed by atoms with Gasteiger partial charge in [0.15, 0.2) is 12.4 Å². The summed E-state index contributed by atoms with van der Waals surface area (Å²) in [5.74, 6) is 0.169. The summed E-state index contributed by atoms with van der Waals surface area (Å²) >= 11 is 0. The van der Waals surface area contributed by atoms with Gasteiger partial charge in [-0.05, 0) is 18.2 Å². The summed E-state index contributed by atoms with van der Waals surface area (Å²) in [7, 11) is 0. The first-order chi connectivity index (χ1) is 14.6. The van der Waals surface area contributed by atoms with Crippen LogP contribution in [0.2, 0.25) is 0 Å². The van der Waals surface area contributed by atoms with Gasteiger partial charge in [0.05, 0.1) is 10.8 Å². The number of Topliss-reactive ketones (excluding diaryl/α,β-unsaturated/α-hetero) is 1. The molecule has 0 unspecified atom stereocenters. The van der Waals surface area contributed by atoms with Crippen LogP contribution in [0.3, 0.4) is 0 Å². The lowest BCUT2D eigenvalue weighted by Crippen LogP contribution is -2.12. The van der Waals surface area contributed by atoms with E-state index in [-0.39, 0.29) is 34.4 Å². The van der Waals surface area contributed by atoms with E-state index < -0.39 is 5.63 Å². The van der Waals surface area contributed by atoms with Gasteiger partial charge in [-0.25, -0.2) is 4.79 Å². The molecular formula is C24H14O6. The van der Waals surface area contributed by atoms with E-state index in [1.165, 1.54) is 6.07 Å². The van der Waals surface area contributed by atoms with Gasteiger partial charge in [0, 0.05) is 17.0 Å². The lowest BCUT2D eigenvalue weighted by molar-refractivity contribution is 0.0921. The molecule has 0 saturated heterocycles. The number of carbonyl (C=O) groups excluding carboxylic acids is 1. The number of para-hydroxylation sites is 1. The van der Waals surface area contributed by atoms with Crippen LogP contribution in [0, 0.1) is 0 Å². The number of fused-ring (bicyclic) bond motifs is 4. The van der Waals surface area contributed by atoms with Gasteiger partial charge >= 0.3 is 5.63 Å². The van der Waals surface area contributed by atoms with Gasteiger partial charge in [0.2, 0.25) is 11.0 Å². The molecule has 2 heterocycles. The molecule has 0 aliphatic rings. The SMILES string of the molecule is O=C(COc1ccc2c(=O)c3c(oc2c1)c(=O)oc1ccccc13)c1ccccc1. The molecule has 0 aliphatic carbocycles. The Balaban J connectivity index is 1.58. The van der Waals surface area contributed by atoms with E-state index in [9.17, 15) is 14.4 Å². The van der Waals surface area contributed by atoms with Gasteiger partial charge in [-0.2, -0.15) is 0 Å². The fraction of sp³-hybridized carbons (Fsp3) is 0.0417. The van der Waals surface area contributed by atoms with Gasteiger partial charge < -0.3 is 13.6 Å². The largest absolute Gasteiger partial charge is 0.485 e. The normalized spacial score (nSPS) is 11.2. The van der Waals surface area contributed by atoms with Gasteiger partial charge in [0.1, 0.15) is 16.9 Å². The molecule has 0 spiro atoms. The van der Waals surface area contributed by atoms with E-state index in [0.717, 1.165) is 0 Å². The predicted molar refractivity (Wildman–Crippen MR) is 112 cm³/mol. The average molecular weight is 398 g/mol. The number of hydrogen-bond donors (Lipinski definition) is 0. The van der Waals surface area contributed by atoms with Crippen molar-refractivity contribution in [1.29, 1.82) is 0 Å². The molecule has 3 aromatic carbocycles. The van der Waals surface area contributed by atoms with Crippen LogP contribution in [0.15, 0.2) is 91.2 Å². The van der Waals surface area contributed by atoms with Crippen molar-refractivity contribution in [2.45, 2.75) is 0 Å². The molecule has 6 nitrogen and oxygen atoms in total. The molecule has 30 heavy (non-hydrogen) atoms.